The van der Waals surface area contributed by atoms with E-state index in [1.54, 1.807) is 0 Å². The summed E-state index contributed by atoms with van der Waals surface area (Å²) in [5, 5.41) is 2.94. The average molecular weight is 379 g/mol. The second-order valence-corrected chi connectivity index (χ2v) is 8.02. The second-order valence-electron chi connectivity index (χ2n) is 8.02. The van der Waals surface area contributed by atoms with Gasteiger partial charge in [0.1, 0.15) is 0 Å². The van der Waals surface area contributed by atoms with Crippen LogP contribution in [0.4, 0.5) is 0 Å². The number of carbonyl (C=O) groups excluding carboxylic acids is 2. The Labute approximate surface area is 167 Å². The van der Waals surface area contributed by atoms with E-state index < -0.39 is 0 Å². The summed E-state index contributed by atoms with van der Waals surface area (Å²) in [6, 6.07) is 18.3. The average Bonchev–Trinajstić information content (AvgIpc) is 3.51. The smallest absolute Gasteiger partial charge is 0.225 e. The fourth-order valence-electron chi connectivity index (χ4n) is 3.49. The molecule has 4 heteroatoms. The molecule has 1 aliphatic rings. The third kappa shape index (κ3) is 5.44. The molecule has 0 aromatic heterocycles. The molecule has 2 aromatic carbocycles. The van der Waals surface area contributed by atoms with Crippen molar-refractivity contribution in [2.75, 3.05) is 0 Å². The monoisotopic (exact) mass is 378 g/mol. The molecular formula is C24H30N2O2. The van der Waals surface area contributed by atoms with Gasteiger partial charge < -0.3 is 10.2 Å². The van der Waals surface area contributed by atoms with E-state index in [2.05, 4.69) is 43.4 Å². The van der Waals surface area contributed by atoms with Crippen LogP contribution in [0, 0.1) is 0 Å². The van der Waals surface area contributed by atoms with Gasteiger partial charge in [-0.1, -0.05) is 68.4 Å². The van der Waals surface area contributed by atoms with E-state index in [0.29, 0.717) is 18.5 Å². The van der Waals surface area contributed by atoms with Crippen LogP contribution in [0.3, 0.4) is 0 Å². The first-order chi connectivity index (χ1) is 13.4. The SMILES string of the molecule is CC(=O)N[C@H](CC(=O)N(Cc1ccc(C(C)C)cc1)C1CC1)c1ccccc1. The highest BCUT2D eigenvalue weighted by Gasteiger charge is 2.33. The highest BCUT2D eigenvalue weighted by molar-refractivity contribution is 5.79. The fraction of sp³-hybridized carbons (Fsp3) is 0.417. The molecule has 4 nitrogen and oxygen atoms in total. The molecule has 0 aliphatic heterocycles. The molecule has 1 N–H and O–H groups in total. The Balaban J connectivity index is 1.72. The third-order valence-electron chi connectivity index (χ3n) is 5.27. The molecule has 1 aliphatic carbocycles. The van der Waals surface area contributed by atoms with Gasteiger partial charge in [0.05, 0.1) is 12.5 Å². The Kier molecular flexibility index (Phi) is 6.50. The van der Waals surface area contributed by atoms with Crippen molar-refractivity contribution in [3.63, 3.8) is 0 Å². The fourth-order valence-corrected chi connectivity index (χ4v) is 3.49. The van der Waals surface area contributed by atoms with E-state index in [1.165, 1.54) is 12.5 Å². The van der Waals surface area contributed by atoms with Crippen LogP contribution in [0.1, 0.15) is 68.7 Å². The van der Waals surface area contributed by atoms with Crippen molar-refractivity contribution in [2.45, 2.75) is 64.6 Å². The van der Waals surface area contributed by atoms with Crippen molar-refractivity contribution in [1.29, 1.82) is 0 Å². The van der Waals surface area contributed by atoms with Gasteiger partial charge in [0.25, 0.3) is 0 Å². The Morgan fingerprint density at radius 3 is 2.18 bits per heavy atom. The van der Waals surface area contributed by atoms with Crippen LogP contribution in [0.25, 0.3) is 0 Å². The summed E-state index contributed by atoms with van der Waals surface area (Å²) in [4.78, 5) is 26.8. The standard InChI is InChI=1S/C24H30N2O2/c1-17(2)20-11-9-19(10-12-20)16-26(22-13-14-22)24(28)15-23(25-18(3)27)21-7-5-4-6-8-21/h4-12,17,22-23H,13-16H2,1-3H3,(H,25,27)/t23-/m1/s1. The van der Waals surface area contributed by atoms with Gasteiger partial charge in [-0.3, -0.25) is 9.59 Å². The largest absolute Gasteiger partial charge is 0.349 e. The molecule has 0 spiro atoms. The van der Waals surface area contributed by atoms with Crippen LogP contribution in [-0.4, -0.2) is 22.8 Å². The maximum Gasteiger partial charge on any atom is 0.225 e. The van der Waals surface area contributed by atoms with E-state index in [-0.39, 0.29) is 24.3 Å². The molecule has 2 amide bonds. The van der Waals surface area contributed by atoms with Crippen molar-refractivity contribution in [3.8, 4) is 0 Å². The molecule has 1 saturated carbocycles. The molecule has 28 heavy (non-hydrogen) atoms. The number of rotatable bonds is 8. The minimum Gasteiger partial charge on any atom is -0.349 e. The Morgan fingerprint density at radius 1 is 1.00 bits per heavy atom. The van der Waals surface area contributed by atoms with E-state index in [1.807, 2.05) is 35.2 Å². The van der Waals surface area contributed by atoms with Crippen LogP contribution in [0.15, 0.2) is 54.6 Å². The first-order valence-corrected chi connectivity index (χ1v) is 10.1. The van der Waals surface area contributed by atoms with E-state index >= 15 is 0 Å². The lowest BCUT2D eigenvalue weighted by Gasteiger charge is -2.26. The Morgan fingerprint density at radius 2 is 1.64 bits per heavy atom. The number of hydrogen-bond acceptors (Lipinski definition) is 2. The van der Waals surface area contributed by atoms with Gasteiger partial charge in [0, 0.05) is 19.5 Å². The quantitative estimate of drug-likeness (QED) is 0.731. The summed E-state index contributed by atoms with van der Waals surface area (Å²) < 4.78 is 0. The van der Waals surface area contributed by atoms with Crippen molar-refractivity contribution in [2.24, 2.45) is 0 Å². The summed E-state index contributed by atoms with van der Waals surface area (Å²) in [7, 11) is 0. The van der Waals surface area contributed by atoms with Crippen molar-refractivity contribution < 1.29 is 9.59 Å². The molecule has 0 heterocycles. The van der Waals surface area contributed by atoms with Crippen molar-refractivity contribution in [3.05, 3.63) is 71.3 Å². The maximum atomic E-state index is 13.1. The first kappa shape index (κ1) is 20.1. The van der Waals surface area contributed by atoms with E-state index in [4.69, 9.17) is 0 Å². The predicted molar refractivity (Wildman–Crippen MR) is 112 cm³/mol. The number of carbonyl (C=O) groups is 2. The van der Waals surface area contributed by atoms with Crippen LogP contribution in [-0.2, 0) is 16.1 Å². The predicted octanol–water partition coefficient (Wildman–Crippen LogP) is 4.57. The summed E-state index contributed by atoms with van der Waals surface area (Å²) in [6.07, 6.45) is 2.40. The summed E-state index contributed by atoms with van der Waals surface area (Å²) in [6.45, 7) is 6.49. The molecule has 3 rings (SSSR count). The molecule has 0 radical (unpaired) electrons. The minimum atomic E-state index is -0.296. The van der Waals surface area contributed by atoms with Crippen LogP contribution in [0.2, 0.25) is 0 Å². The van der Waals surface area contributed by atoms with E-state index in [0.717, 1.165) is 24.0 Å². The Bertz CT molecular complexity index is 795. The lowest BCUT2D eigenvalue weighted by Crippen LogP contribution is -2.36. The third-order valence-corrected chi connectivity index (χ3v) is 5.27. The van der Waals surface area contributed by atoms with Gasteiger partial charge in [0.15, 0.2) is 0 Å². The zero-order valence-electron chi connectivity index (χ0n) is 17.0. The normalized spacial score (nSPS) is 14.6. The first-order valence-electron chi connectivity index (χ1n) is 10.1. The van der Waals surface area contributed by atoms with Gasteiger partial charge in [-0.05, 0) is 35.4 Å². The highest BCUT2D eigenvalue weighted by atomic mass is 16.2. The molecule has 1 atom stereocenters. The topological polar surface area (TPSA) is 49.4 Å². The van der Waals surface area contributed by atoms with Crippen LogP contribution >= 0.6 is 0 Å². The second kappa shape index (κ2) is 9.05. The number of hydrogen-bond donors (Lipinski definition) is 1. The number of nitrogens with zero attached hydrogens (tertiary/aromatic N) is 1. The molecule has 0 bridgehead atoms. The zero-order valence-corrected chi connectivity index (χ0v) is 17.0. The van der Waals surface area contributed by atoms with Gasteiger partial charge in [-0.15, -0.1) is 0 Å². The number of benzene rings is 2. The maximum absolute atomic E-state index is 13.1. The molecule has 1 fully saturated rings. The zero-order chi connectivity index (χ0) is 20.1. The van der Waals surface area contributed by atoms with Crippen LogP contribution < -0.4 is 5.32 Å². The van der Waals surface area contributed by atoms with E-state index in [9.17, 15) is 9.59 Å². The van der Waals surface area contributed by atoms with Crippen LogP contribution in [0.5, 0.6) is 0 Å². The molecule has 0 unspecified atom stereocenters. The molecule has 148 valence electrons. The molecule has 2 aromatic rings. The lowest BCUT2D eigenvalue weighted by atomic mass is 10.0. The Hall–Kier alpha value is -2.62. The lowest BCUT2D eigenvalue weighted by molar-refractivity contribution is -0.133. The highest BCUT2D eigenvalue weighted by Crippen LogP contribution is 2.30. The van der Waals surface area contributed by atoms with Crippen molar-refractivity contribution in [1.82, 2.24) is 10.2 Å². The van der Waals surface area contributed by atoms with Gasteiger partial charge in [0.2, 0.25) is 11.8 Å². The summed E-state index contributed by atoms with van der Waals surface area (Å²) >= 11 is 0. The van der Waals surface area contributed by atoms with Gasteiger partial charge >= 0.3 is 0 Å². The number of amides is 2. The number of nitrogens with one attached hydrogen (secondary N) is 1. The molecule has 0 saturated heterocycles. The summed E-state index contributed by atoms with van der Waals surface area (Å²) in [5.74, 6) is 0.474. The summed E-state index contributed by atoms with van der Waals surface area (Å²) in [5.41, 5.74) is 3.42. The van der Waals surface area contributed by atoms with Crippen molar-refractivity contribution >= 4 is 11.8 Å². The van der Waals surface area contributed by atoms with Gasteiger partial charge in [-0.25, -0.2) is 0 Å². The molecular weight excluding hydrogens is 348 g/mol. The minimum absolute atomic E-state index is 0.0954. The van der Waals surface area contributed by atoms with Gasteiger partial charge in [-0.2, -0.15) is 0 Å².